The van der Waals surface area contributed by atoms with Gasteiger partial charge in [0.2, 0.25) is 0 Å². The van der Waals surface area contributed by atoms with Gasteiger partial charge in [-0.3, -0.25) is 4.79 Å². The molecule has 1 N–H and O–H groups in total. The number of Topliss-reactive ketones (excluding diaryl/α,β-unsaturated/α-hetero) is 1. The Labute approximate surface area is 113 Å². The number of halogens is 2. The lowest BCUT2D eigenvalue weighted by molar-refractivity contribution is -0.122. The van der Waals surface area contributed by atoms with E-state index in [1.807, 2.05) is 13.8 Å². The van der Waals surface area contributed by atoms with Crippen LogP contribution in [-0.2, 0) is 4.79 Å². The lowest BCUT2D eigenvalue weighted by atomic mass is 9.90. The zero-order valence-electron chi connectivity index (χ0n) is 11.0. The first-order valence-electron chi connectivity index (χ1n) is 6.08. The van der Waals surface area contributed by atoms with Crippen molar-refractivity contribution in [1.82, 2.24) is 5.32 Å². The third kappa shape index (κ3) is 4.07. The topological polar surface area (TPSA) is 29.1 Å². The lowest BCUT2D eigenvalue weighted by Crippen LogP contribution is -2.22. The van der Waals surface area contributed by atoms with E-state index in [9.17, 15) is 9.18 Å². The third-order valence-corrected chi connectivity index (χ3v) is 3.18. The minimum Gasteiger partial charge on any atom is -0.319 e. The van der Waals surface area contributed by atoms with Crippen molar-refractivity contribution < 1.29 is 9.18 Å². The Balaban J connectivity index is 2.93. The van der Waals surface area contributed by atoms with Gasteiger partial charge in [0.15, 0.2) is 0 Å². The van der Waals surface area contributed by atoms with Gasteiger partial charge in [-0.1, -0.05) is 31.5 Å². The normalized spacial score (nSPS) is 12.8. The molecule has 0 aliphatic carbocycles. The van der Waals surface area contributed by atoms with Crippen LogP contribution >= 0.6 is 11.6 Å². The lowest BCUT2D eigenvalue weighted by Gasteiger charge is -2.18. The number of carbonyl (C=O) groups excluding carboxylic acids is 1. The minimum absolute atomic E-state index is 0.0280. The van der Waals surface area contributed by atoms with Gasteiger partial charge in [0.25, 0.3) is 0 Å². The Morgan fingerprint density at radius 2 is 2.11 bits per heavy atom. The molecule has 0 spiro atoms. The second-order valence-corrected chi connectivity index (χ2v) is 5.18. The molecule has 0 amide bonds. The highest BCUT2D eigenvalue weighted by Crippen LogP contribution is 2.25. The van der Waals surface area contributed by atoms with Crippen molar-refractivity contribution in [2.45, 2.75) is 26.2 Å². The molecular weight excluding hydrogens is 253 g/mol. The van der Waals surface area contributed by atoms with E-state index in [-0.39, 0.29) is 23.4 Å². The van der Waals surface area contributed by atoms with Gasteiger partial charge in [0, 0.05) is 29.8 Å². The zero-order chi connectivity index (χ0) is 13.7. The van der Waals surface area contributed by atoms with E-state index in [2.05, 4.69) is 5.32 Å². The van der Waals surface area contributed by atoms with Crippen LogP contribution < -0.4 is 5.32 Å². The molecule has 0 aromatic heterocycles. The molecule has 1 aromatic rings. The molecule has 1 rings (SSSR count). The average molecular weight is 272 g/mol. The first kappa shape index (κ1) is 15.1. The first-order valence-corrected chi connectivity index (χ1v) is 6.45. The Morgan fingerprint density at radius 1 is 1.44 bits per heavy atom. The fraction of sp³-hybridized carbons (Fsp3) is 0.500. The standard InChI is InChI=1S/C14H19ClFNO/c1-9(2)14(18)6-10(8-17-3)12-5-4-11(15)7-13(12)16/h4-5,7,9-10,17H,6,8H2,1-3H3/t10-/m1/s1. The summed E-state index contributed by atoms with van der Waals surface area (Å²) in [6, 6.07) is 4.61. The van der Waals surface area contributed by atoms with Crippen LogP contribution in [0.25, 0.3) is 0 Å². The molecule has 0 unspecified atom stereocenters. The van der Waals surface area contributed by atoms with Crippen LogP contribution in [0.2, 0.25) is 5.02 Å². The van der Waals surface area contributed by atoms with E-state index in [0.717, 1.165) is 0 Å². The van der Waals surface area contributed by atoms with Gasteiger partial charge in [-0.15, -0.1) is 0 Å². The van der Waals surface area contributed by atoms with Gasteiger partial charge in [0.05, 0.1) is 0 Å². The van der Waals surface area contributed by atoms with E-state index >= 15 is 0 Å². The summed E-state index contributed by atoms with van der Waals surface area (Å²) in [5.74, 6) is -0.384. The molecule has 0 fully saturated rings. The van der Waals surface area contributed by atoms with Crippen molar-refractivity contribution in [2.24, 2.45) is 5.92 Å². The van der Waals surface area contributed by atoms with Crippen LogP contribution in [-0.4, -0.2) is 19.4 Å². The van der Waals surface area contributed by atoms with Gasteiger partial charge < -0.3 is 5.32 Å². The molecule has 100 valence electrons. The molecule has 2 nitrogen and oxygen atoms in total. The average Bonchev–Trinajstić information content (AvgIpc) is 2.28. The summed E-state index contributed by atoms with van der Waals surface area (Å²) in [6.45, 7) is 4.28. The SMILES string of the molecule is CNC[C@@H](CC(=O)C(C)C)c1ccc(Cl)cc1F. The molecule has 0 saturated heterocycles. The fourth-order valence-corrected chi connectivity index (χ4v) is 2.01. The predicted octanol–water partition coefficient (Wildman–Crippen LogP) is 3.40. The molecule has 0 saturated carbocycles. The second-order valence-electron chi connectivity index (χ2n) is 4.75. The number of carbonyl (C=O) groups is 1. The van der Waals surface area contributed by atoms with Crippen molar-refractivity contribution in [3.8, 4) is 0 Å². The number of nitrogens with one attached hydrogen (secondary N) is 1. The highest BCUT2D eigenvalue weighted by atomic mass is 35.5. The number of hydrogen-bond donors (Lipinski definition) is 1. The minimum atomic E-state index is -0.348. The molecule has 4 heteroatoms. The van der Waals surface area contributed by atoms with Crippen molar-refractivity contribution in [3.63, 3.8) is 0 Å². The molecule has 0 aliphatic heterocycles. The molecule has 0 heterocycles. The van der Waals surface area contributed by atoms with Gasteiger partial charge >= 0.3 is 0 Å². The monoisotopic (exact) mass is 271 g/mol. The molecule has 18 heavy (non-hydrogen) atoms. The van der Waals surface area contributed by atoms with Crippen LogP contribution in [0.3, 0.4) is 0 Å². The summed E-state index contributed by atoms with van der Waals surface area (Å²) in [7, 11) is 1.79. The van der Waals surface area contributed by atoms with Crippen LogP contribution in [0.4, 0.5) is 4.39 Å². The maximum Gasteiger partial charge on any atom is 0.136 e. The van der Waals surface area contributed by atoms with E-state index in [1.165, 1.54) is 6.07 Å². The van der Waals surface area contributed by atoms with E-state index in [4.69, 9.17) is 11.6 Å². The van der Waals surface area contributed by atoms with Crippen LogP contribution in [0.5, 0.6) is 0 Å². The van der Waals surface area contributed by atoms with Crippen LogP contribution in [0.15, 0.2) is 18.2 Å². The molecular formula is C14H19ClFNO. The smallest absolute Gasteiger partial charge is 0.136 e. The zero-order valence-corrected chi connectivity index (χ0v) is 11.7. The van der Waals surface area contributed by atoms with Crippen molar-refractivity contribution in [1.29, 1.82) is 0 Å². The number of ketones is 1. The summed E-state index contributed by atoms with van der Waals surface area (Å²) < 4.78 is 13.9. The van der Waals surface area contributed by atoms with Gasteiger partial charge in [-0.25, -0.2) is 4.39 Å². The molecule has 0 aliphatic rings. The molecule has 0 bridgehead atoms. The number of rotatable bonds is 6. The summed E-state index contributed by atoms with van der Waals surface area (Å²) in [6.07, 6.45) is 0.344. The van der Waals surface area contributed by atoms with Crippen LogP contribution in [0, 0.1) is 11.7 Å². The number of likely N-dealkylation sites (N-methyl/N-ethyl adjacent to an activating group) is 1. The Hall–Kier alpha value is -0.930. The van der Waals surface area contributed by atoms with Crippen molar-refractivity contribution in [3.05, 3.63) is 34.6 Å². The van der Waals surface area contributed by atoms with Crippen LogP contribution in [0.1, 0.15) is 31.7 Å². The van der Waals surface area contributed by atoms with E-state index in [1.54, 1.807) is 19.2 Å². The maximum atomic E-state index is 13.9. The predicted molar refractivity (Wildman–Crippen MR) is 72.5 cm³/mol. The fourth-order valence-electron chi connectivity index (χ4n) is 1.85. The third-order valence-electron chi connectivity index (χ3n) is 2.94. The Kier molecular flexibility index (Phi) is 5.76. The largest absolute Gasteiger partial charge is 0.319 e. The Morgan fingerprint density at radius 3 is 2.61 bits per heavy atom. The summed E-state index contributed by atoms with van der Waals surface area (Å²) in [5.41, 5.74) is 0.544. The summed E-state index contributed by atoms with van der Waals surface area (Å²) >= 11 is 5.73. The van der Waals surface area contributed by atoms with Gasteiger partial charge in [-0.05, 0) is 24.7 Å². The van der Waals surface area contributed by atoms with E-state index in [0.29, 0.717) is 23.6 Å². The van der Waals surface area contributed by atoms with Crippen molar-refractivity contribution >= 4 is 17.4 Å². The quantitative estimate of drug-likeness (QED) is 0.859. The van der Waals surface area contributed by atoms with Gasteiger partial charge in [0.1, 0.15) is 11.6 Å². The number of benzene rings is 1. The number of hydrogen-bond acceptors (Lipinski definition) is 2. The molecule has 1 atom stereocenters. The van der Waals surface area contributed by atoms with Gasteiger partial charge in [-0.2, -0.15) is 0 Å². The maximum absolute atomic E-state index is 13.9. The second kappa shape index (κ2) is 6.86. The summed E-state index contributed by atoms with van der Waals surface area (Å²) in [5, 5.41) is 3.37. The highest BCUT2D eigenvalue weighted by molar-refractivity contribution is 6.30. The first-order chi connectivity index (χ1) is 8.45. The molecule has 1 aromatic carbocycles. The molecule has 0 radical (unpaired) electrons. The Bertz CT molecular complexity index is 420. The highest BCUT2D eigenvalue weighted by Gasteiger charge is 2.20. The van der Waals surface area contributed by atoms with Crippen molar-refractivity contribution in [2.75, 3.05) is 13.6 Å². The summed E-state index contributed by atoms with van der Waals surface area (Å²) in [4.78, 5) is 11.8. The van der Waals surface area contributed by atoms with E-state index < -0.39 is 0 Å².